The minimum Gasteiger partial charge on any atom is -0.478 e. The van der Waals surface area contributed by atoms with Gasteiger partial charge in [-0.25, -0.2) is 4.79 Å². The molecule has 2 aromatic rings. The number of hydrogen-bond donors (Lipinski definition) is 1. The van der Waals surface area contributed by atoms with Gasteiger partial charge in [0.2, 0.25) is 5.75 Å². The van der Waals surface area contributed by atoms with E-state index in [-0.39, 0.29) is 27.8 Å². The molecular weight excluding hydrogens is 298 g/mol. The number of rotatable bonds is 4. The summed E-state index contributed by atoms with van der Waals surface area (Å²) in [7, 11) is 0. The molecule has 0 aliphatic carbocycles. The van der Waals surface area contributed by atoms with Crippen LogP contribution in [0.25, 0.3) is 0 Å². The SMILES string of the molecule is Cc1ccc(Oc2ccc(C(=O)O)c(Cl)c2)c([N+](=O)[O-])c1. The van der Waals surface area contributed by atoms with Crippen molar-refractivity contribution in [1.82, 2.24) is 0 Å². The zero-order chi connectivity index (χ0) is 15.6. The van der Waals surface area contributed by atoms with Crippen LogP contribution in [0, 0.1) is 17.0 Å². The summed E-state index contributed by atoms with van der Waals surface area (Å²) in [5.41, 5.74) is 0.490. The third-order valence-corrected chi connectivity index (χ3v) is 3.02. The first-order chi connectivity index (χ1) is 9.88. The number of nitro groups is 1. The molecule has 0 amide bonds. The monoisotopic (exact) mass is 307 g/mol. The van der Waals surface area contributed by atoms with Crippen molar-refractivity contribution in [1.29, 1.82) is 0 Å². The lowest BCUT2D eigenvalue weighted by Crippen LogP contribution is -1.98. The van der Waals surface area contributed by atoms with Crippen molar-refractivity contribution >= 4 is 23.3 Å². The molecule has 21 heavy (non-hydrogen) atoms. The minimum absolute atomic E-state index is 0.00485. The van der Waals surface area contributed by atoms with Crippen LogP contribution in [0.5, 0.6) is 11.5 Å². The number of nitro benzene ring substituents is 1. The van der Waals surface area contributed by atoms with Gasteiger partial charge in [-0.15, -0.1) is 0 Å². The van der Waals surface area contributed by atoms with Crippen molar-refractivity contribution in [3.8, 4) is 11.5 Å². The number of carboxylic acid groups (broad SMARTS) is 1. The molecule has 0 saturated heterocycles. The van der Waals surface area contributed by atoms with Crippen LogP contribution in [0.2, 0.25) is 5.02 Å². The lowest BCUT2D eigenvalue weighted by molar-refractivity contribution is -0.385. The Morgan fingerprint density at radius 1 is 1.29 bits per heavy atom. The third-order valence-electron chi connectivity index (χ3n) is 2.71. The van der Waals surface area contributed by atoms with Crippen LogP contribution < -0.4 is 4.74 Å². The van der Waals surface area contributed by atoms with Gasteiger partial charge < -0.3 is 9.84 Å². The second-order valence-corrected chi connectivity index (χ2v) is 4.68. The van der Waals surface area contributed by atoms with Gasteiger partial charge in [0.15, 0.2) is 0 Å². The highest BCUT2D eigenvalue weighted by Crippen LogP contribution is 2.33. The molecule has 0 heterocycles. The van der Waals surface area contributed by atoms with Gasteiger partial charge in [0, 0.05) is 12.1 Å². The molecule has 1 N–H and O–H groups in total. The lowest BCUT2D eigenvalue weighted by atomic mass is 10.2. The van der Waals surface area contributed by atoms with Gasteiger partial charge in [0.05, 0.1) is 15.5 Å². The summed E-state index contributed by atoms with van der Waals surface area (Å²) in [6.45, 7) is 1.73. The zero-order valence-electron chi connectivity index (χ0n) is 10.9. The average Bonchev–Trinajstić information content (AvgIpc) is 2.40. The highest BCUT2D eigenvalue weighted by Gasteiger charge is 2.17. The van der Waals surface area contributed by atoms with Crippen LogP contribution in [0.1, 0.15) is 15.9 Å². The Morgan fingerprint density at radius 3 is 2.57 bits per heavy atom. The summed E-state index contributed by atoms with van der Waals surface area (Å²) >= 11 is 5.82. The zero-order valence-corrected chi connectivity index (χ0v) is 11.6. The summed E-state index contributed by atoms with van der Waals surface area (Å²) in [6.07, 6.45) is 0. The Morgan fingerprint density at radius 2 is 2.00 bits per heavy atom. The maximum absolute atomic E-state index is 11.0. The van der Waals surface area contributed by atoms with Crippen LogP contribution in [0.4, 0.5) is 5.69 Å². The molecule has 2 rings (SSSR count). The Hall–Kier alpha value is -2.60. The molecule has 0 atom stereocenters. The molecule has 0 fully saturated rings. The summed E-state index contributed by atoms with van der Waals surface area (Å²) in [5.74, 6) is -0.880. The standard InChI is InChI=1S/C14H10ClNO5/c1-8-2-5-13(12(6-8)16(19)20)21-9-3-4-10(14(17)18)11(15)7-9/h2-7H,1H3,(H,17,18). The van der Waals surface area contributed by atoms with Gasteiger partial charge in [0.25, 0.3) is 0 Å². The number of aryl methyl sites for hydroxylation is 1. The molecular formula is C14H10ClNO5. The van der Waals surface area contributed by atoms with Crippen molar-refractivity contribution in [3.05, 3.63) is 62.7 Å². The molecule has 0 bridgehead atoms. The van der Waals surface area contributed by atoms with Gasteiger partial charge in [-0.1, -0.05) is 17.7 Å². The van der Waals surface area contributed by atoms with Gasteiger partial charge in [-0.05, 0) is 30.7 Å². The lowest BCUT2D eigenvalue weighted by Gasteiger charge is -2.08. The summed E-state index contributed by atoms with van der Waals surface area (Å²) < 4.78 is 5.42. The number of halogens is 1. The number of carboxylic acids is 1. The fraction of sp³-hybridized carbons (Fsp3) is 0.0714. The van der Waals surface area contributed by atoms with E-state index < -0.39 is 10.9 Å². The van der Waals surface area contributed by atoms with Crippen molar-refractivity contribution in [3.63, 3.8) is 0 Å². The average molecular weight is 308 g/mol. The first kappa shape index (κ1) is 14.8. The van der Waals surface area contributed by atoms with Crippen LogP contribution in [-0.2, 0) is 0 Å². The molecule has 7 heteroatoms. The number of nitrogens with zero attached hydrogens (tertiary/aromatic N) is 1. The van der Waals surface area contributed by atoms with Crippen LogP contribution in [0.3, 0.4) is 0 Å². The second-order valence-electron chi connectivity index (χ2n) is 4.28. The summed E-state index contributed by atoms with van der Waals surface area (Å²) in [6, 6.07) is 8.51. The topological polar surface area (TPSA) is 89.7 Å². The molecule has 0 saturated carbocycles. The fourth-order valence-corrected chi connectivity index (χ4v) is 1.97. The molecule has 2 aromatic carbocycles. The van der Waals surface area contributed by atoms with Crippen LogP contribution >= 0.6 is 11.6 Å². The van der Waals surface area contributed by atoms with Crippen molar-refractivity contribution in [2.75, 3.05) is 0 Å². The van der Waals surface area contributed by atoms with E-state index >= 15 is 0 Å². The van der Waals surface area contributed by atoms with Crippen molar-refractivity contribution in [2.45, 2.75) is 6.92 Å². The quantitative estimate of drug-likeness (QED) is 0.680. The number of carbonyl (C=O) groups is 1. The summed E-state index contributed by atoms with van der Waals surface area (Å²) in [4.78, 5) is 21.3. The fourth-order valence-electron chi connectivity index (χ4n) is 1.72. The first-order valence-electron chi connectivity index (χ1n) is 5.84. The second kappa shape index (κ2) is 5.80. The van der Waals surface area contributed by atoms with E-state index in [0.29, 0.717) is 0 Å². The van der Waals surface area contributed by atoms with E-state index in [1.165, 1.54) is 30.3 Å². The maximum Gasteiger partial charge on any atom is 0.337 e. The van der Waals surface area contributed by atoms with E-state index in [0.717, 1.165) is 5.56 Å². The molecule has 6 nitrogen and oxygen atoms in total. The van der Waals surface area contributed by atoms with Gasteiger partial charge in [0.1, 0.15) is 5.75 Å². The predicted octanol–water partition coefficient (Wildman–Crippen LogP) is 4.05. The Bertz CT molecular complexity index is 729. The first-order valence-corrected chi connectivity index (χ1v) is 6.22. The molecule has 0 spiro atoms. The minimum atomic E-state index is -1.16. The maximum atomic E-state index is 11.0. The Labute approximate surface area is 124 Å². The predicted molar refractivity (Wildman–Crippen MR) is 76.3 cm³/mol. The van der Waals surface area contributed by atoms with E-state index in [4.69, 9.17) is 21.4 Å². The molecule has 0 aliphatic heterocycles. The van der Waals surface area contributed by atoms with Gasteiger partial charge in [-0.3, -0.25) is 10.1 Å². The smallest absolute Gasteiger partial charge is 0.337 e. The summed E-state index contributed by atoms with van der Waals surface area (Å²) in [5, 5.41) is 19.9. The van der Waals surface area contributed by atoms with E-state index in [2.05, 4.69) is 0 Å². The van der Waals surface area contributed by atoms with E-state index in [1.807, 2.05) is 0 Å². The number of benzene rings is 2. The van der Waals surface area contributed by atoms with Gasteiger partial charge in [-0.2, -0.15) is 0 Å². The molecule has 0 unspecified atom stereocenters. The third kappa shape index (κ3) is 3.29. The number of hydrogen-bond acceptors (Lipinski definition) is 4. The van der Waals surface area contributed by atoms with Crippen molar-refractivity contribution < 1.29 is 19.6 Å². The number of ether oxygens (including phenoxy) is 1. The molecule has 0 radical (unpaired) electrons. The van der Waals surface area contributed by atoms with E-state index in [1.54, 1.807) is 13.0 Å². The molecule has 108 valence electrons. The normalized spacial score (nSPS) is 10.2. The van der Waals surface area contributed by atoms with E-state index in [9.17, 15) is 14.9 Å². The molecule has 0 aliphatic rings. The Balaban J connectivity index is 2.37. The van der Waals surface area contributed by atoms with Crippen molar-refractivity contribution in [2.24, 2.45) is 0 Å². The highest BCUT2D eigenvalue weighted by molar-refractivity contribution is 6.33. The number of aromatic carboxylic acids is 1. The van der Waals surface area contributed by atoms with Gasteiger partial charge >= 0.3 is 11.7 Å². The molecule has 0 aromatic heterocycles. The van der Waals surface area contributed by atoms with Crippen LogP contribution in [-0.4, -0.2) is 16.0 Å². The Kier molecular flexibility index (Phi) is 4.09. The highest BCUT2D eigenvalue weighted by atomic mass is 35.5. The van der Waals surface area contributed by atoms with Crippen LogP contribution in [0.15, 0.2) is 36.4 Å². The largest absolute Gasteiger partial charge is 0.478 e.